The summed E-state index contributed by atoms with van der Waals surface area (Å²) in [5.41, 5.74) is -0.0611. The number of carbonyl (C=O) groups excluding carboxylic acids is 1. The Morgan fingerprint density at radius 2 is 2.31 bits per heavy atom. The number of halogens is 1. The summed E-state index contributed by atoms with van der Waals surface area (Å²) in [6.45, 7) is -0.145. The maximum Gasteiger partial charge on any atom is 0.284 e. The van der Waals surface area contributed by atoms with Gasteiger partial charge in [0.15, 0.2) is 0 Å². The first-order chi connectivity index (χ1) is 7.57. The zero-order valence-corrected chi connectivity index (χ0v) is 9.52. The minimum atomic E-state index is -0.592. The van der Waals surface area contributed by atoms with E-state index in [-0.39, 0.29) is 22.3 Å². The van der Waals surface area contributed by atoms with Crippen molar-refractivity contribution in [2.24, 2.45) is 0 Å². The molecule has 0 aromatic heterocycles. The third kappa shape index (κ3) is 2.55. The van der Waals surface area contributed by atoms with E-state index >= 15 is 0 Å². The van der Waals surface area contributed by atoms with Crippen molar-refractivity contribution in [1.82, 2.24) is 5.32 Å². The first-order valence-electron chi connectivity index (χ1n) is 4.16. The maximum atomic E-state index is 11.5. The number of amides is 1. The lowest BCUT2D eigenvalue weighted by Gasteiger charge is -2.03. The summed E-state index contributed by atoms with van der Waals surface area (Å²) in [5.74, 6) is -0.530. The molecule has 7 heteroatoms. The number of hydrogen-bond donors (Lipinski definition) is 1. The summed E-state index contributed by atoms with van der Waals surface area (Å²) in [6, 6.07) is 5.87. The van der Waals surface area contributed by atoms with E-state index in [1.54, 1.807) is 6.07 Å². The minimum Gasteiger partial charge on any atom is -0.339 e. The molecule has 0 heterocycles. The van der Waals surface area contributed by atoms with Crippen LogP contribution in [0.25, 0.3) is 0 Å². The average Bonchev–Trinajstić information content (AvgIpc) is 2.25. The van der Waals surface area contributed by atoms with Crippen molar-refractivity contribution >= 4 is 27.5 Å². The highest BCUT2D eigenvalue weighted by Gasteiger charge is 2.18. The molecule has 0 unspecified atom stereocenters. The molecule has 0 saturated heterocycles. The monoisotopic (exact) mass is 283 g/mol. The minimum absolute atomic E-state index is 0.107. The highest BCUT2D eigenvalue weighted by atomic mass is 79.9. The zero-order chi connectivity index (χ0) is 12.1. The molecule has 0 radical (unpaired) electrons. The van der Waals surface area contributed by atoms with E-state index in [0.29, 0.717) is 0 Å². The first-order valence-corrected chi connectivity index (χ1v) is 4.95. The van der Waals surface area contributed by atoms with Gasteiger partial charge in [0.2, 0.25) is 0 Å². The summed E-state index contributed by atoms with van der Waals surface area (Å²) in [6.07, 6.45) is 0. The summed E-state index contributed by atoms with van der Waals surface area (Å²) in [5, 5.41) is 21.2. The lowest BCUT2D eigenvalue weighted by molar-refractivity contribution is -0.385. The quantitative estimate of drug-likeness (QED) is 0.518. The van der Waals surface area contributed by atoms with E-state index in [0.717, 1.165) is 0 Å². The smallest absolute Gasteiger partial charge is 0.284 e. The van der Waals surface area contributed by atoms with Gasteiger partial charge >= 0.3 is 0 Å². The van der Waals surface area contributed by atoms with Gasteiger partial charge in [-0.15, -0.1) is 0 Å². The van der Waals surface area contributed by atoms with Crippen molar-refractivity contribution in [3.8, 4) is 6.07 Å². The molecule has 1 N–H and O–H groups in total. The molecule has 16 heavy (non-hydrogen) atoms. The van der Waals surface area contributed by atoms with E-state index < -0.39 is 10.8 Å². The Balaban J connectivity index is 3.07. The number of nitro groups is 1. The van der Waals surface area contributed by atoms with Crippen LogP contribution < -0.4 is 5.32 Å². The Labute approximate surface area is 99.2 Å². The van der Waals surface area contributed by atoms with Crippen molar-refractivity contribution in [2.45, 2.75) is 0 Å². The van der Waals surface area contributed by atoms with E-state index in [1.165, 1.54) is 18.2 Å². The molecule has 1 rings (SSSR count). The molecule has 0 spiro atoms. The third-order valence-corrected chi connectivity index (χ3v) is 2.58. The van der Waals surface area contributed by atoms with Gasteiger partial charge in [-0.3, -0.25) is 14.9 Å². The van der Waals surface area contributed by atoms with Gasteiger partial charge in [-0.2, -0.15) is 5.26 Å². The Bertz CT molecular complexity index is 481. The predicted octanol–water partition coefficient (Wildman–Crippen LogP) is 1.61. The zero-order valence-electron chi connectivity index (χ0n) is 7.94. The Morgan fingerprint density at radius 3 is 2.88 bits per heavy atom. The number of hydrogen-bond acceptors (Lipinski definition) is 4. The number of nitriles is 1. The fraction of sp³-hybridized carbons (Fsp3) is 0.111. The van der Waals surface area contributed by atoms with Gasteiger partial charge in [-0.05, 0) is 22.0 Å². The topological polar surface area (TPSA) is 96.0 Å². The van der Waals surface area contributed by atoms with Crippen LogP contribution in [-0.2, 0) is 0 Å². The molecule has 0 atom stereocenters. The number of nitrogens with one attached hydrogen (secondary N) is 1. The molecule has 0 aliphatic carbocycles. The van der Waals surface area contributed by atoms with Crippen LogP contribution in [0, 0.1) is 21.4 Å². The molecule has 6 nitrogen and oxygen atoms in total. The van der Waals surface area contributed by atoms with Gasteiger partial charge in [0.1, 0.15) is 11.0 Å². The summed E-state index contributed by atoms with van der Waals surface area (Å²) in [7, 11) is 0. The van der Waals surface area contributed by atoms with Crippen LogP contribution >= 0.6 is 15.9 Å². The van der Waals surface area contributed by atoms with Gasteiger partial charge in [0, 0.05) is 6.07 Å². The van der Waals surface area contributed by atoms with Crippen molar-refractivity contribution in [2.75, 3.05) is 6.54 Å². The SMILES string of the molecule is N#CCNC(=O)c1cccc([N+](=O)[O-])c1Br. The number of nitrogens with zero attached hydrogens (tertiary/aromatic N) is 2. The Hall–Kier alpha value is -1.94. The van der Waals surface area contributed by atoms with Crippen molar-refractivity contribution in [1.29, 1.82) is 5.26 Å². The molecular formula is C9H6BrN3O3. The molecule has 0 saturated carbocycles. The van der Waals surface area contributed by atoms with Gasteiger partial charge < -0.3 is 5.32 Å². The van der Waals surface area contributed by atoms with Gasteiger partial charge in [-0.25, -0.2) is 0 Å². The van der Waals surface area contributed by atoms with E-state index in [2.05, 4.69) is 21.2 Å². The van der Waals surface area contributed by atoms with Crippen LogP contribution in [0.1, 0.15) is 10.4 Å². The highest BCUT2D eigenvalue weighted by molar-refractivity contribution is 9.10. The van der Waals surface area contributed by atoms with Crippen LogP contribution in [0.5, 0.6) is 0 Å². The van der Waals surface area contributed by atoms with Crippen molar-refractivity contribution in [3.63, 3.8) is 0 Å². The number of rotatable bonds is 3. The van der Waals surface area contributed by atoms with Crippen LogP contribution in [0.15, 0.2) is 22.7 Å². The van der Waals surface area contributed by atoms with E-state index in [9.17, 15) is 14.9 Å². The fourth-order valence-electron chi connectivity index (χ4n) is 1.05. The molecule has 0 aliphatic rings. The standard InChI is InChI=1S/C9H6BrN3O3/c10-8-6(9(14)12-5-4-11)2-1-3-7(8)13(15)16/h1-3H,5H2,(H,12,14). The Kier molecular flexibility index (Phi) is 3.96. The second kappa shape index (κ2) is 5.23. The molecule has 0 fully saturated rings. The number of nitro benzene ring substituents is 1. The molecule has 0 aliphatic heterocycles. The molecule has 82 valence electrons. The molecule has 1 amide bonds. The Morgan fingerprint density at radius 1 is 1.62 bits per heavy atom. The second-order valence-electron chi connectivity index (χ2n) is 2.74. The number of benzene rings is 1. The van der Waals surface area contributed by atoms with Gasteiger partial charge in [0.05, 0.1) is 16.6 Å². The summed E-state index contributed by atoms with van der Waals surface area (Å²) in [4.78, 5) is 21.5. The van der Waals surface area contributed by atoms with Crippen LogP contribution in [0.2, 0.25) is 0 Å². The average molecular weight is 284 g/mol. The maximum absolute atomic E-state index is 11.5. The molecular weight excluding hydrogens is 278 g/mol. The summed E-state index contributed by atoms with van der Waals surface area (Å²) >= 11 is 2.99. The molecule has 0 bridgehead atoms. The highest BCUT2D eigenvalue weighted by Crippen LogP contribution is 2.27. The van der Waals surface area contributed by atoms with Crippen molar-refractivity contribution in [3.05, 3.63) is 38.3 Å². The summed E-state index contributed by atoms with van der Waals surface area (Å²) < 4.78 is 0.107. The first kappa shape index (κ1) is 12.1. The van der Waals surface area contributed by atoms with E-state index in [1.807, 2.05) is 0 Å². The largest absolute Gasteiger partial charge is 0.339 e. The van der Waals surface area contributed by atoms with E-state index in [4.69, 9.17) is 5.26 Å². The number of carbonyl (C=O) groups is 1. The van der Waals surface area contributed by atoms with Crippen LogP contribution in [-0.4, -0.2) is 17.4 Å². The predicted molar refractivity (Wildman–Crippen MR) is 58.7 cm³/mol. The molecule has 1 aromatic carbocycles. The molecule has 1 aromatic rings. The van der Waals surface area contributed by atoms with Crippen LogP contribution in [0.3, 0.4) is 0 Å². The normalized spacial score (nSPS) is 9.25. The lowest BCUT2D eigenvalue weighted by Crippen LogP contribution is -2.24. The third-order valence-electron chi connectivity index (χ3n) is 1.75. The van der Waals surface area contributed by atoms with Crippen LogP contribution in [0.4, 0.5) is 5.69 Å². The van der Waals surface area contributed by atoms with Gasteiger partial charge in [-0.1, -0.05) is 6.07 Å². The second-order valence-corrected chi connectivity index (χ2v) is 3.53. The van der Waals surface area contributed by atoms with Crippen molar-refractivity contribution < 1.29 is 9.72 Å². The fourth-order valence-corrected chi connectivity index (χ4v) is 1.64. The lowest BCUT2D eigenvalue weighted by atomic mass is 10.2. The van der Waals surface area contributed by atoms with Gasteiger partial charge in [0.25, 0.3) is 11.6 Å².